The van der Waals surface area contributed by atoms with Gasteiger partial charge in [-0.3, -0.25) is 0 Å². The zero-order valence-corrected chi connectivity index (χ0v) is 21.7. The average molecular weight is 511 g/mol. The van der Waals surface area contributed by atoms with Crippen LogP contribution in [0.15, 0.2) is 45.6 Å². The van der Waals surface area contributed by atoms with Crippen molar-refractivity contribution in [2.24, 2.45) is 0 Å². The van der Waals surface area contributed by atoms with Crippen LogP contribution in [-0.4, -0.2) is 62.1 Å². The van der Waals surface area contributed by atoms with Crippen LogP contribution in [0, 0.1) is 0 Å². The third kappa shape index (κ3) is 16.9. The molecule has 0 aliphatic heterocycles. The van der Waals surface area contributed by atoms with E-state index in [1.807, 2.05) is 24.3 Å². The number of aliphatic hydroxyl groups is 2. The Hall–Kier alpha value is -1.68. The minimum atomic E-state index is -0.601. The first kappa shape index (κ1) is 30.5. The lowest BCUT2D eigenvalue weighted by Crippen LogP contribution is -2.21. The predicted octanol–water partition coefficient (Wildman–Crippen LogP) is 5.26. The van der Waals surface area contributed by atoms with E-state index < -0.39 is 12.2 Å². The summed E-state index contributed by atoms with van der Waals surface area (Å²) in [5, 5.41) is 19.7. The van der Waals surface area contributed by atoms with Crippen LogP contribution in [-0.2, 0) is 32.2 Å². The maximum absolute atomic E-state index is 9.85. The molecule has 2 N–H and O–H groups in total. The van der Waals surface area contributed by atoms with Crippen LogP contribution in [0.4, 0.5) is 0 Å². The molecule has 0 aromatic carbocycles. The fraction of sp³-hybridized carbons (Fsp3) is 0.714. The molecule has 0 saturated carbocycles. The molecule has 0 saturated heterocycles. The highest BCUT2D eigenvalue weighted by atomic mass is 16.5. The molecule has 0 spiro atoms. The van der Waals surface area contributed by atoms with Gasteiger partial charge in [-0.15, -0.1) is 0 Å². The summed E-state index contributed by atoms with van der Waals surface area (Å²) in [6, 6.07) is 7.32. The number of furan rings is 2. The molecular weight excluding hydrogens is 464 g/mol. The summed E-state index contributed by atoms with van der Waals surface area (Å²) in [4.78, 5) is 0. The molecule has 0 radical (unpaired) electrons. The van der Waals surface area contributed by atoms with Crippen molar-refractivity contribution >= 4 is 0 Å². The molecule has 0 bridgehead atoms. The second-order valence-corrected chi connectivity index (χ2v) is 9.18. The highest BCUT2D eigenvalue weighted by molar-refractivity contribution is 4.96. The summed E-state index contributed by atoms with van der Waals surface area (Å²) in [5.41, 5.74) is 0. The summed E-state index contributed by atoms with van der Waals surface area (Å²) >= 11 is 0. The topological polar surface area (TPSA) is 104 Å². The lowest BCUT2D eigenvalue weighted by molar-refractivity contribution is -0.0268. The molecule has 0 aliphatic rings. The normalized spacial score (nSPS) is 13.3. The third-order valence-electron chi connectivity index (χ3n) is 5.72. The standard InChI is InChI=1S/C28H46O8/c29-25(21-33-23-27-13-11-17-35-27)19-31-15-9-7-5-3-1-2-4-6-8-10-16-32-20-26(30)22-34-24-28-14-12-18-36-28/h11-14,17-18,25-26,29-30H,1-10,15-16,19-24H2. The first-order valence-electron chi connectivity index (χ1n) is 13.5. The van der Waals surface area contributed by atoms with Crippen LogP contribution < -0.4 is 0 Å². The fourth-order valence-corrected chi connectivity index (χ4v) is 3.74. The van der Waals surface area contributed by atoms with Crippen LogP contribution in [0.1, 0.15) is 75.7 Å². The van der Waals surface area contributed by atoms with E-state index in [1.54, 1.807) is 12.5 Å². The lowest BCUT2D eigenvalue weighted by Gasteiger charge is -2.11. The van der Waals surface area contributed by atoms with Gasteiger partial charge in [-0.05, 0) is 37.1 Å². The van der Waals surface area contributed by atoms with E-state index in [9.17, 15) is 10.2 Å². The zero-order chi connectivity index (χ0) is 25.5. The molecule has 0 amide bonds. The first-order valence-corrected chi connectivity index (χ1v) is 13.5. The second-order valence-electron chi connectivity index (χ2n) is 9.18. The van der Waals surface area contributed by atoms with E-state index >= 15 is 0 Å². The molecule has 8 nitrogen and oxygen atoms in total. The largest absolute Gasteiger partial charge is 0.467 e. The Morgan fingerprint density at radius 2 is 0.889 bits per heavy atom. The van der Waals surface area contributed by atoms with Crippen molar-refractivity contribution in [1.82, 2.24) is 0 Å². The number of aliphatic hydroxyl groups excluding tert-OH is 2. The summed E-state index contributed by atoms with van der Waals surface area (Å²) < 4.78 is 32.2. The molecule has 0 fully saturated rings. The van der Waals surface area contributed by atoms with Crippen molar-refractivity contribution in [3.63, 3.8) is 0 Å². The predicted molar refractivity (Wildman–Crippen MR) is 137 cm³/mol. The highest BCUT2D eigenvalue weighted by Crippen LogP contribution is 2.11. The summed E-state index contributed by atoms with van der Waals surface area (Å²) in [6.45, 7) is 3.23. The SMILES string of the molecule is OC(COCCCCCCCCCCCCOCC(O)COCc1ccco1)COCc1ccco1. The van der Waals surface area contributed by atoms with Crippen LogP contribution in [0.2, 0.25) is 0 Å². The van der Waals surface area contributed by atoms with E-state index in [0.29, 0.717) is 39.6 Å². The van der Waals surface area contributed by atoms with E-state index in [4.69, 9.17) is 27.8 Å². The molecule has 2 aromatic rings. The van der Waals surface area contributed by atoms with E-state index in [0.717, 1.165) is 24.4 Å². The average Bonchev–Trinajstić information content (AvgIpc) is 3.58. The zero-order valence-electron chi connectivity index (χ0n) is 21.7. The minimum Gasteiger partial charge on any atom is -0.467 e. The Balaban J connectivity index is 1.22. The van der Waals surface area contributed by atoms with Gasteiger partial charge in [-0.1, -0.05) is 51.4 Å². The summed E-state index contributed by atoms with van der Waals surface area (Å²) in [6.07, 6.45) is 14.0. The van der Waals surface area contributed by atoms with Gasteiger partial charge >= 0.3 is 0 Å². The highest BCUT2D eigenvalue weighted by Gasteiger charge is 2.06. The number of hydrogen-bond donors (Lipinski definition) is 2. The monoisotopic (exact) mass is 510 g/mol. The van der Waals surface area contributed by atoms with E-state index in [2.05, 4.69) is 0 Å². The maximum atomic E-state index is 9.85. The number of unbranched alkanes of at least 4 members (excludes halogenated alkanes) is 9. The number of hydrogen-bond acceptors (Lipinski definition) is 8. The van der Waals surface area contributed by atoms with Gasteiger partial charge in [0.05, 0.1) is 39.0 Å². The van der Waals surface area contributed by atoms with Crippen LogP contribution in [0.25, 0.3) is 0 Å². The lowest BCUT2D eigenvalue weighted by atomic mass is 10.1. The Kier molecular flexibility index (Phi) is 18.2. The summed E-state index contributed by atoms with van der Waals surface area (Å²) in [5.74, 6) is 1.51. The molecule has 8 heteroatoms. The van der Waals surface area contributed by atoms with Crippen molar-refractivity contribution < 1.29 is 38.0 Å². The van der Waals surface area contributed by atoms with E-state index in [-0.39, 0.29) is 13.2 Å². The number of rotatable bonds is 25. The molecule has 2 atom stereocenters. The second kappa shape index (κ2) is 21.4. The van der Waals surface area contributed by atoms with E-state index in [1.165, 1.54) is 51.4 Å². The van der Waals surface area contributed by atoms with Crippen molar-refractivity contribution in [1.29, 1.82) is 0 Å². The van der Waals surface area contributed by atoms with Crippen LogP contribution in [0.5, 0.6) is 0 Å². The first-order chi connectivity index (χ1) is 17.7. The van der Waals surface area contributed by atoms with Gasteiger partial charge in [0.2, 0.25) is 0 Å². The molecule has 0 aliphatic carbocycles. The molecule has 2 aromatic heterocycles. The summed E-state index contributed by atoms with van der Waals surface area (Å²) in [7, 11) is 0. The van der Waals surface area contributed by atoms with Gasteiger partial charge in [0.1, 0.15) is 36.9 Å². The Bertz CT molecular complexity index is 628. The van der Waals surface area contributed by atoms with Gasteiger partial charge in [-0.2, -0.15) is 0 Å². The van der Waals surface area contributed by atoms with Crippen molar-refractivity contribution in [3.8, 4) is 0 Å². The Morgan fingerprint density at radius 3 is 1.25 bits per heavy atom. The van der Waals surface area contributed by atoms with Gasteiger partial charge in [0, 0.05) is 13.2 Å². The van der Waals surface area contributed by atoms with Gasteiger partial charge in [0.25, 0.3) is 0 Å². The molecule has 2 rings (SSSR count). The molecular formula is C28H46O8. The quantitative estimate of drug-likeness (QED) is 0.174. The molecule has 36 heavy (non-hydrogen) atoms. The van der Waals surface area contributed by atoms with Crippen molar-refractivity contribution in [2.75, 3.05) is 39.6 Å². The Labute approximate surface area is 215 Å². The van der Waals surface area contributed by atoms with Crippen molar-refractivity contribution in [3.05, 3.63) is 48.3 Å². The van der Waals surface area contributed by atoms with Gasteiger partial charge in [-0.25, -0.2) is 0 Å². The fourth-order valence-electron chi connectivity index (χ4n) is 3.74. The Morgan fingerprint density at radius 1 is 0.528 bits per heavy atom. The van der Waals surface area contributed by atoms with Crippen LogP contribution >= 0.6 is 0 Å². The van der Waals surface area contributed by atoms with Gasteiger partial charge < -0.3 is 38.0 Å². The molecule has 2 unspecified atom stereocenters. The van der Waals surface area contributed by atoms with Crippen molar-refractivity contribution in [2.45, 2.75) is 89.6 Å². The smallest absolute Gasteiger partial charge is 0.129 e. The van der Waals surface area contributed by atoms with Gasteiger partial charge in [0.15, 0.2) is 0 Å². The maximum Gasteiger partial charge on any atom is 0.129 e. The van der Waals surface area contributed by atoms with Crippen LogP contribution in [0.3, 0.4) is 0 Å². The molecule has 2 heterocycles. The minimum absolute atomic E-state index is 0.250. The third-order valence-corrected chi connectivity index (χ3v) is 5.72. The molecule has 206 valence electrons. The number of ether oxygens (including phenoxy) is 4.